The highest BCUT2D eigenvalue weighted by atomic mass is 16.5. The van der Waals surface area contributed by atoms with E-state index in [1.165, 1.54) is 0 Å². The van der Waals surface area contributed by atoms with Crippen molar-refractivity contribution in [3.05, 3.63) is 24.2 Å². The van der Waals surface area contributed by atoms with Gasteiger partial charge in [0, 0.05) is 45.8 Å². The lowest BCUT2D eigenvalue weighted by molar-refractivity contribution is -0.0769. The van der Waals surface area contributed by atoms with Gasteiger partial charge in [0.05, 0.1) is 24.5 Å². The standard InChI is InChI=1S/C18H27N7O3/c1-12-8-25(11-16(27-12)17-22-21-13(2)28-17)18(26)20-14-5-4-6-24(9-14)15-7-19-23(3)10-15/h7,10,12,14,16H,4-6,8-9,11H2,1-3H3,(H,20,26)/t12-,14?,16-/m1/s1. The number of piperidine rings is 1. The molecule has 1 N–H and O–H groups in total. The van der Waals surface area contributed by atoms with Crippen molar-refractivity contribution in [2.75, 3.05) is 31.1 Å². The zero-order valence-corrected chi connectivity index (χ0v) is 16.5. The molecule has 4 heterocycles. The monoisotopic (exact) mass is 389 g/mol. The Hall–Kier alpha value is -2.62. The molecule has 0 aromatic carbocycles. The average Bonchev–Trinajstić information content (AvgIpc) is 3.30. The van der Waals surface area contributed by atoms with Gasteiger partial charge in [-0.2, -0.15) is 5.10 Å². The minimum Gasteiger partial charge on any atom is -0.423 e. The van der Waals surface area contributed by atoms with Crippen molar-refractivity contribution in [1.29, 1.82) is 0 Å². The average molecular weight is 389 g/mol. The molecule has 2 fully saturated rings. The molecule has 10 heteroatoms. The Bertz CT molecular complexity index is 820. The lowest BCUT2D eigenvalue weighted by Gasteiger charge is -2.38. The molecule has 2 aliphatic heterocycles. The lowest BCUT2D eigenvalue weighted by atomic mass is 10.1. The lowest BCUT2D eigenvalue weighted by Crippen LogP contribution is -2.55. The number of hydrogen-bond donors (Lipinski definition) is 1. The van der Waals surface area contributed by atoms with Crippen LogP contribution in [0.5, 0.6) is 0 Å². The fourth-order valence-corrected chi connectivity index (χ4v) is 3.86. The second kappa shape index (κ2) is 7.78. The predicted octanol–water partition coefficient (Wildman–Crippen LogP) is 1.25. The van der Waals surface area contributed by atoms with Gasteiger partial charge in [-0.3, -0.25) is 4.68 Å². The van der Waals surface area contributed by atoms with Crippen molar-refractivity contribution >= 4 is 11.7 Å². The van der Waals surface area contributed by atoms with E-state index in [1.807, 2.05) is 26.4 Å². The van der Waals surface area contributed by atoms with Crippen LogP contribution < -0.4 is 10.2 Å². The van der Waals surface area contributed by atoms with Crippen molar-refractivity contribution < 1.29 is 13.9 Å². The Kier molecular flexibility index (Phi) is 5.21. The summed E-state index contributed by atoms with van der Waals surface area (Å²) in [4.78, 5) is 16.9. The zero-order chi connectivity index (χ0) is 19.7. The fraction of sp³-hybridized carbons (Fsp3) is 0.667. The third-order valence-corrected chi connectivity index (χ3v) is 5.17. The van der Waals surface area contributed by atoms with Crippen LogP contribution in [0.2, 0.25) is 0 Å². The van der Waals surface area contributed by atoms with Crippen molar-refractivity contribution in [1.82, 2.24) is 30.2 Å². The third-order valence-electron chi connectivity index (χ3n) is 5.17. The molecule has 0 aliphatic carbocycles. The molecule has 4 rings (SSSR count). The van der Waals surface area contributed by atoms with Crippen LogP contribution in [0.4, 0.5) is 10.5 Å². The Morgan fingerprint density at radius 2 is 2.14 bits per heavy atom. The number of morpholine rings is 1. The van der Waals surface area contributed by atoms with Crippen molar-refractivity contribution in [2.45, 2.75) is 44.9 Å². The van der Waals surface area contributed by atoms with Crippen LogP contribution in [0.25, 0.3) is 0 Å². The number of urea groups is 1. The highest BCUT2D eigenvalue weighted by Crippen LogP contribution is 2.25. The number of aryl methyl sites for hydroxylation is 2. The van der Waals surface area contributed by atoms with E-state index in [2.05, 4.69) is 25.5 Å². The van der Waals surface area contributed by atoms with Gasteiger partial charge in [-0.25, -0.2) is 4.79 Å². The van der Waals surface area contributed by atoms with E-state index < -0.39 is 6.10 Å². The molecular weight excluding hydrogens is 362 g/mol. The Balaban J connectivity index is 1.37. The van der Waals surface area contributed by atoms with Gasteiger partial charge in [0.15, 0.2) is 6.10 Å². The van der Waals surface area contributed by atoms with Crippen LogP contribution in [-0.4, -0.2) is 69.2 Å². The number of rotatable bonds is 3. The quantitative estimate of drug-likeness (QED) is 0.843. The third kappa shape index (κ3) is 4.11. The highest BCUT2D eigenvalue weighted by molar-refractivity contribution is 5.75. The van der Waals surface area contributed by atoms with E-state index in [1.54, 1.807) is 16.5 Å². The SMILES string of the molecule is Cc1nnc([C@H]2CN(C(=O)NC3CCCN(c4cnn(C)c4)C3)C[C@@H](C)O2)o1. The molecular formula is C18H27N7O3. The topological polar surface area (TPSA) is 102 Å². The predicted molar refractivity (Wildman–Crippen MR) is 101 cm³/mol. The molecule has 3 atom stereocenters. The van der Waals surface area contributed by atoms with Crippen LogP contribution in [0.15, 0.2) is 16.8 Å². The summed E-state index contributed by atoms with van der Waals surface area (Å²) in [5.74, 6) is 0.910. The molecule has 2 amide bonds. The molecule has 0 bridgehead atoms. The van der Waals surface area contributed by atoms with Crippen LogP contribution >= 0.6 is 0 Å². The molecule has 0 spiro atoms. The molecule has 10 nitrogen and oxygen atoms in total. The van der Waals surface area contributed by atoms with Gasteiger partial charge in [0.25, 0.3) is 0 Å². The van der Waals surface area contributed by atoms with Crippen molar-refractivity contribution in [3.63, 3.8) is 0 Å². The Morgan fingerprint density at radius 1 is 1.29 bits per heavy atom. The number of hydrogen-bond acceptors (Lipinski definition) is 7. The number of nitrogens with one attached hydrogen (secondary N) is 1. The number of nitrogens with zero attached hydrogens (tertiary/aromatic N) is 6. The number of anilines is 1. The molecule has 0 radical (unpaired) electrons. The normalized spacial score (nSPS) is 25.8. The maximum Gasteiger partial charge on any atom is 0.317 e. The molecule has 2 aromatic rings. The van der Waals surface area contributed by atoms with E-state index in [0.717, 1.165) is 31.6 Å². The summed E-state index contributed by atoms with van der Waals surface area (Å²) in [6.45, 7) is 6.38. The van der Waals surface area contributed by atoms with Gasteiger partial charge in [0.2, 0.25) is 11.8 Å². The van der Waals surface area contributed by atoms with E-state index in [4.69, 9.17) is 9.15 Å². The smallest absolute Gasteiger partial charge is 0.317 e. The van der Waals surface area contributed by atoms with E-state index in [0.29, 0.717) is 24.9 Å². The summed E-state index contributed by atoms with van der Waals surface area (Å²) in [5, 5.41) is 15.3. The maximum absolute atomic E-state index is 12.9. The molecule has 2 aromatic heterocycles. The van der Waals surface area contributed by atoms with Crippen LogP contribution in [0.1, 0.15) is 37.7 Å². The second-order valence-corrected chi connectivity index (χ2v) is 7.61. The summed E-state index contributed by atoms with van der Waals surface area (Å²) in [5.41, 5.74) is 1.09. The first-order valence-electron chi connectivity index (χ1n) is 9.72. The second-order valence-electron chi connectivity index (χ2n) is 7.61. The van der Waals surface area contributed by atoms with Gasteiger partial charge in [-0.15, -0.1) is 10.2 Å². The van der Waals surface area contributed by atoms with Gasteiger partial charge in [-0.05, 0) is 19.8 Å². The highest BCUT2D eigenvalue weighted by Gasteiger charge is 2.33. The van der Waals surface area contributed by atoms with Gasteiger partial charge >= 0.3 is 6.03 Å². The van der Waals surface area contributed by atoms with E-state index >= 15 is 0 Å². The first-order chi connectivity index (χ1) is 13.5. The minimum absolute atomic E-state index is 0.0746. The van der Waals surface area contributed by atoms with Crippen molar-refractivity contribution in [3.8, 4) is 0 Å². The van der Waals surface area contributed by atoms with Gasteiger partial charge in [0.1, 0.15) is 0 Å². The number of carbonyl (C=O) groups excluding carboxylic acids is 1. The van der Waals surface area contributed by atoms with E-state index in [-0.39, 0.29) is 18.2 Å². The summed E-state index contributed by atoms with van der Waals surface area (Å²) >= 11 is 0. The molecule has 28 heavy (non-hydrogen) atoms. The zero-order valence-electron chi connectivity index (χ0n) is 16.5. The summed E-state index contributed by atoms with van der Waals surface area (Å²) in [6.07, 6.45) is 5.37. The molecule has 0 saturated carbocycles. The fourth-order valence-electron chi connectivity index (χ4n) is 3.86. The Morgan fingerprint density at radius 3 is 2.86 bits per heavy atom. The molecule has 1 unspecified atom stereocenters. The minimum atomic E-state index is -0.394. The number of amides is 2. The molecule has 2 saturated heterocycles. The van der Waals surface area contributed by atoms with Crippen molar-refractivity contribution in [2.24, 2.45) is 7.05 Å². The number of ether oxygens (including phenoxy) is 1. The van der Waals surface area contributed by atoms with Crippen LogP contribution in [0.3, 0.4) is 0 Å². The summed E-state index contributed by atoms with van der Waals surface area (Å²) in [7, 11) is 1.91. The summed E-state index contributed by atoms with van der Waals surface area (Å²) in [6, 6.07) is 0.0260. The van der Waals surface area contributed by atoms with Crippen LogP contribution in [0, 0.1) is 6.92 Å². The molecule has 2 aliphatic rings. The largest absolute Gasteiger partial charge is 0.423 e. The van der Waals surface area contributed by atoms with Crippen LogP contribution in [-0.2, 0) is 11.8 Å². The molecule has 152 valence electrons. The number of carbonyl (C=O) groups is 1. The van der Waals surface area contributed by atoms with Gasteiger partial charge < -0.3 is 24.3 Å². The van der Waals surface area contributed by atoms with Gasteiger partial charge in [-0.1, -0.05) is 0 Å². The first-order valence-corrected chi connectivity index (χ1v) is 9.72. The summed E-state index contributed by atoms with van der Waals surface area (Å²) < 4.78 is 13.2. The number of aromatic nitrogens is 4. The van der Waals surface area contributed by atoms with E-state index in [9.17, 15) is 4.79 Å². The first kappa shape index (κ1) is 18.7. The Labute approximate surface area is 163 Å². The maximum atomic E-state index is 12.9.